The summed E-state index contributed by atoms with van der Waals surface area (Å²) in [6, 6.07) is 12.2. The largest absolute Gasteiger partial charge is 0.482 e. The van der Waals surface area contributed by atoms with Crippen LogP contribution < -0.4 is 10.1 Å². The van der Waals surface area contributed by atoms with Crippen LogP contribution >= 0.6 is 27.5 Å². The van der Waals surface area contributed by atoms with Crippen LogP contribution in [0.25, 0.3) is 0 Å². The average Bonchev–Trinajstić information content (AvgIpc) is 2.97. The lowest BCUT2D eigenvalue weighted by Crippen LogP contribution is -2.33. The quantitative estimate of drug-likeness (QED) is 0.665. The van der Waals surface area contributed by atoms with Crippen LogP contribution in [0.3, 0.4) is 0 Å². The molecule has 0 bridgehead atoms. The molecule has 0 spiro atoms. The second-order valence-electron chi connectivity index (χ2n) is 6.66. The molecule has 0 aromatic heterocycles. The van der Waals surface area contributed by atoms with Gasteiger partial charge >= 0.3 is 0 Å². The normalized spacial score (nSPS) is 14.3. The van der Waals surface area contributed by atoms with Gasteiger partial charge in [-0.25, -0.2) is 0 Å². The van der Waals surface area contributed by atoms with E-state index in [1.54, 1.807) is 42.5 Å². The van der Waals surface area contributed by atoms with Crippen molar-refractivity contribution in [3.63, 3.8) is 0 Å². The first-order chi connectivity index (χ1) is 13.5. The number of hydrogen-bond donors (Lipinski definition) is 1. The third-order valence-electron chi connectivity index (χ3n) is 4.58. The zero-order chi connectivity index (χ0) is 19.9. The maximum Gasteiger partial charge on any atom is 0.262 e. The number of hydrogen-bond acceptors (Lipinski definition) is 3. The Morgan fingerprint density at radius 2 is 1.79 bits per heavy atom. The first-order valence-corrected chi connectivity index (χ1v) is 10.5. The predicted octanol–water partition coefficient (Wildman–Crippen LogP) is 5.14. The van der Waals surface area contributed by atoms with E-state index in [9.17, 15) is 9.59 Å². The molecule has 1 fully saturated rings. The smallest absolute Gasteiger partial charge is 0.262 e. The highest BCUT2D eigenvalue weighted by Gasteiger charge is 2.20. The van der Waals surface area contributed by atoms with Gasteiger partial charge in [0.2, 0.25) is 0 Å². The van der Waals surface area contributed by atoms with Crippen LogP contribution in [0.1, 0.15) is 36.0 Å². The van der Waals surface area contributed by atoms with Gasteiger partial charge in [0.25, 0.3) is 11.8 Å². The number of nitrogens with zero attached hydrogens (tertiary/aromatic N) is 1. The number of para-hydroxylation sites is 1. The van der Waals surface area contributed by atoms with Gasteiger partial charge in [-0.15, -0.1) is 0 Å². The molecule has 0 saturated carbocycles. The fraction of sp³-hybridized carbons (Fsp3) is 0.333. The highest BCUT2D eigenvalue weighted by atomic mass is 79.9. The Morgan fingerprint density at radius 1 is 1.07 bits per heavy atom. The number of amides is 2. The second kappa shape index (κ2) is 9.94. The van der Waals surface area contributed by atoms with Gasteiger partial charge in [0.15, 0.2) is 6.61 Å². The molecule has 148 valence electrons. The molecule has 28 heavy (non-hydrogen) atoms. The lowest BCUT2D eigenvalue weighted by molar-refractivity contribution is -0.118. The summed E-state index contributed by atoms with van der Waals surface area (Å²) in [6.45, 7) is 1.31. The molecule has 0 aliphatic carbocycles. The molecule has 0 unspecified atom stereocenters. The number of ether oxygens (including phenoxy) is 1. The van der Waals surface area contributed by atoms with Crippen molar-refractivity contribution in [3.8, 4) is 5.75 Å². The Kier molecular flexibility index (Phi) is 7.34. The molecular formula is C21H22BrClN2O3. The fourth-order valence-electron chi connectivity index (χ4n) is 3.14. The number of rotatable bonds is 5. The van der Waals surface area contributed by atoms with E-state index in [-0.39, 0.29) is 18.4 Å². The summed E-state index contributed by atoms with van der Waals surface area (Å²) < 4.78 is 6.33. The maximum atomic E-state index is 12.9. The minimum atomic E-state index is -0.352. The first kappa shape index (κ1) is 20.7. The SMILES string of the molecule is O=C(COc1ccc(Br)cc1Cl)Nc1ccccc1C(=O)N1CCCCCC1. The van der Waals surface area contributed by atoms with Crippen molar-refractivity contribution in [1.29, 1.82) is 0 Å². The van der Waals surface area contributed by atoms with Crippen LogP contribution in [0, 0.1) is 0 Å². The van der Waals surface area contributed by atoms with E-state index in [4.69, 9.17) is 16.3 Å². The zero-order valence-corrected chi connectivity index (χ0v) is 17.8. The van der Waals surface area contributed by atoms with Crippen molar-refractivity contribution in [2.24, 2.45) is 0 Å². The molecule has 2 aromatic rings. The topological polar surface area (TPSA) is 58.6 Å². The minimum absolute atomic E-state index is 0.0466. The van der Waals surface area contributed by atoms with Gasteiger partial charge in [0, 0.05) is 17.6 Å². The molecule has 5 nitrogen and oxygen atoms in total. The van der Waals surface area contributed by atoms with E-state index in [1.807, 2.05) is 4.90 Å². The predicted molar refractivity (Wildman–Crippen MR) is 114 cm³/mol. The van der Waals surface area contributed by atoms with Crippen LogP contribution in [0.4, 0.5) is 5.69 Å². The second-order valence-corrected chi connectivity index (χ2v) is 7.99. The molecule has 3 rings (SSSR count). The Labute approximate surface area is 178 Å². The third kappa shape index (κ3) is 5.49. The summed E-state index contributed by atoms with van der Waals surface area (Å²) >= 11 is 9.43. The summed E-state index contributed by atoms with van der Waals surface area (Å²) in [5.41, 5.74) is 0.992. The molecule has 1 heterocycles. The molecule has 7 heteroatoms. The number of benzene rings is 2. The summed E-state index contributed by atoms with van der Waals surface area (Å²) in [4.78, 5) is 27.2. The van der Waals surface area contributed by atoms with Gasteiger partial charge in [-0.3, -0.25) is 9.59 Å². The lowest BCUT2D eigenvalue weighted by Gasteiger charge is -2.22. The van der Waals surface area contributed by atoms with Gasteiger partial charge in [-0.1, -0.05) is 52.5 Å². The van der Waals surface area contributed by atoms with Crippen molar-refractivity contribution in [1.82, 2.24) is 4.90 Å². The van der Waals surface area contributed by atoms with Gasteiger partial charge in [0.05, 0.1) is 16.3 Å². The number of likely N-dealkylation sites (tertiary alicyclic amines) is 1. The number of carbonyl (C=O) groups is 2. The monoisotopic (exact) mass is 464 g/mol. The summed E-state index contributed by atoms with van der Waals surface area (Å²) in [6.07, 6.45) is 4.33. The molecule has 1 aliphatic heterocycles. The summed E-state index contributed by atoms with van der Waals surface area (Å²) in [5.74, 6) is 0.0266. The number of nitrogens with one attached hydrogen (secondary N) is 1. The number of halogens is 2. The van der Waals surface area contributed by atoms with E-state index >= 15 is 0 Å². The standard InChI is InChI=1S/C21H22BrClN2O3/c22-15-9-10-19(17(23)13-15)28-14-20(26)24-18-8-4-3-7-16(18)21(27)25-11-5-1-2-6-12-25/h3-4,7-10,13H,1-2,5-6,11-12,14H2,(H,24,26). The third-order valence-corrected chi connectivity index (χ3v) is 5.37. The zero-order valence-electron chi connectivity index (χ0n) is 15.4. The summed E-state index contributed by atoms with van der Waals surface area (Å²) in [7, 11) is 0. The van der Waals surface area contributed by atoms with E-state index in [0.29, 0.717) is 22.0 Å². The van der Waals surface area contributed by atoms with E-state index < -0.39 is 0 Å². The Morgan fingerprint density at radius 3 is 2.50 bits per heavy atom. The van der Waals surface area contributed by atoms with Crippen LogP contribution in [0.2, 0.25) is 5.02 Å². The van der Waals surface area contributed by atoms with Gasteiger partial charge < -0.3 is 15.0 Å². The molecular weight excluding hydrogens is 444 g/mol. The van der Waals surface area contributed by atoms with Gasteiger partial charge in [0.1, 0.15) is 5.75 Å². The van der Waals surface area contributed by atoms with Gasteiger partial charge in [-0.05, 0) is 43.2 Å². The van der Waals surface area contributed by atoms with E-state index in [1.165, 1.54) is 0 Å². The average molecular weight is 466 g/mol. The highest BCUT2D eigenvalue weighted by Crippen LogP contribution is 2.27. The van der Waals surface area contributed by atoms with Crippen molar-refractivity contribution in [2.75, 3.05) is 25.0 Å². The Hall–Kier alpha value is -2.05. The van der Waals surface area contributed by atoms with Crippen molar-refractivity contribution < 1.29 is 14.3 Å². The fourth-order valence-corrected chi connectivity index (χ4v) is 3.87. The van der Waals surface area contributed by atoms with Crippen LogP contribution in [-0.4, -0.2) is 36.4 Å². The van der Waals surface area contributed by atoms with E-state index in [2.05, 4.69) is 21.2 Å². The maximum absolute atomic E-state index is 12.9. The van der Waals surface area contributed by atoms with Crippen LogP contribution in [0.15, 0.2) is 46.9 Å². The molecule has 0 radical (unpaired) electrons. The van der Waals surface area contributed by atoms with E-state index in [0.717, 1.165) is 43.2 Å². The molecule has 1 N–H and O–H groups in total. The number of anilines is 1. The highest BCUT2D eigenvalue weighted by molar-refractivity contribution is 9.10. The molecule has 0 atom stereocenters. The van der Waals surface area contributed by atoms with Crippen molar-refractivity contribution in [3.05, 3.63) is 57.5 Å². The molecule has 2 aromatic carbocycles. The lowest BCUT2D eigenvalue weighted by atomic mass is 10.1. The Balaban J connectivity index is 1.65. The molecule has 2 amide bonds. The van der Waals surface area contributed by atoms with Gasteiger partial charge in [-0.2, -0.15) is 0 Å². The summed E-state index contributed by atoms with van der Waals surface area (Å²) in [5, 5.41) is 3.20. The minimum Gasteiger partial charge on any atom is -0.482 e. The van der Waals surface area contributed by atoms with Crippen LogP contribution in [0.5, 0.6) is 5.75 Å². The Bertz CT molecular complexity index is 851. The molecule has 1 aliphatic rings. The van der Waals surface area contributed by atoms with Crippen LogP contribution in [-0.2, 0) is 4.79 Å². The van der Waals surface area contributed by atoms with Crippen molar-refractivity contribution >= 4 is 45.0 Å². The molecule has 1 saturated heterocycles. The first-order valence-electron chi connectivity index (χ1n) is 9.30. The van der Waals surface area contributed by atoms with Crippen molar-refractivity contribution in [2.45, 2.75) is 25.7 Å². The number of carbonyl (C=O) groups excluding carboxylic acids is 2.